The number of aliphatic hydroxyl groups excluding tert-OH is 2. The SMILES string of the molecule is C=C(C)[C@]12C[C@@H](C)[C@@]34O[C@](/C=C/C=C/C=C/CCCCCCCCC)(O[C@@H]1[C@@H]3[C@@H]1O[C@]1(CO)[C@@H](O)[C@]1(O)C(=O)C(C)=C[C@H]14)O2. The van der Waals surface area contributed by atoms with E-state index in [0.29, 0.717) is 12.0 Å². The van der Waals surface area contributed by atoms with Crippen LogP contribution in [0.25, 0.3) is 0 Å². The summed E-state index contributed by atoms with van der Waals surface area (Å²) in [6.07, 6.45) is 21.0. The molecule has 2 saturated carbocycles. The first-order valence-corrected chi connectivity index (χ1v) is 16.7. The zero-order valence-corrected chi connectivity index (χ0v) is 26.7. The maximum atomic E-state index is 13.6. The van der Waals surface area contributed by atoms with Gasteiger partial charge in [0.1, 0.15) is 29.5 Å². The Hall–Kier alpha value is -1.91. The average molecular weight is 611 g/mol. The van der Waals surface area contributed by atoms with Gasteiger partial charge in [-0.2, -0.15) is 0 Å². The highest BCUT2D eigenvalue weighted by atomic mass is 16.9. The van der Waals surface area contributed by atoms with Gasteiger partial charge in [-0.3, -0.25) is 4.79 Å². The number of hydrogen-bond acceptors (Lipinski definition) is 8. The van der Waals surface area contributed by atoms with Crippen LogP contribution in [0.2, 0.25) is 0 Å². The smallest absolute Gasteiger partial charge is 0.306 e. The predicted octanol–water partition coefficient (Wildman–Crippen LogP) is 4.99. The lowest BCUT2D eigenvalue weighted by Gasteiger charge is -2.59. The zero-order valence-electron chi connectivity index (χ0n) is 26.7. The van der Waals surface area contributed by atoms with Gasteiger partial charge in [0.15, 0.2) is 11.4 Å². The Morgan fingerprint density at radius 1 is 1.05 bits per heavy atom. The first-order chi connectivity index (χ1) is 21.0. The quantitative estimate of drug-likeness (QED) is 0.116. The summed E-state index contributed by atoms with van der Waals surface area (Å²) in [4.78, 5) is 13.6. The van der Waals surface area contributed by atoms with Gasteiger partial charge in [-0.1, -0.05) is 95.4 Å². The molecule has 8 heteroatoms. The number of ether oxygens (including phenoxy) is 4. The normalized spacial score (nSPS) is 46.9. The van der Waals surface area contributed by atoms with Crippen LogP contribution in [0, 0.1) is 17.8 Å². The number of carbonyl (C=O) groups excluding carboxylic acids is 1. The monoisotopic (exact) mass is 610 g/mol. The number of allylic oxidation sites excluding steroid dienone is 5. The number of unbranched alkanes of at least 4 members (excludes halogenated alkanes) is 7. The molecular weight excluding hydrogens is 560 g/mol. The maximum Gasteiger partial charge on any atom is 0.306 e. The van der Waals surface area contributed by atoms with Crippen molar-refractivity contribution in [2.45, 2.75) is 132 Å². The predicted molar refractivity (Wildman–Crippen MR) is 165 cm³/mol. The molecule has 3 saturated heterocycles. The third kappa shape index (κ3) is 4.39. The van der Waals surface area contributed by atoms with E-state index in [1.165, 1.54) is 44.9 Å². The Labute approximate surface area is 261 Å². The van der Waals surface area contributed by atoms with Crippen LogP contribution in [0.15, 0.2) is 60.3 Å². The maximum absolute atomic E-state index is 13.6. The van der Waals surface area contributed by atoms with Crippen LogP contribution in [0.5, 0.6) is 0 Å². The topological polar surface area (TPSA) is 118 Å². The fourth-order valence-electron chi connectivity index (χ4n) is 9.11. The van der Waals surface area contributed by atoms with Gasteiger partial charge in [0.25, 0.3) is 0 Å². The summed E-state index contributed by atoms with van der Waals surface area (Å²) in [7, 11) is 0. The van der Waals surface area contributed by atoms with Crippen LogP contribution in [-0.2, 0) is 23.7 Å². The summed E-state index contributed by atoms with van der Waals surface area (Å²) in [5.74, 6) is -3.87. The fourth-order valence-corrected chi connectivity index (χ4v) is 9.11. The first kappa shape index (κ1) is 32.0. The third-order valence-corrected chi connectivity index (χ3v) is 11.4. The van der Waals surface area contributed by atoms with Crippen LogP contribution in [0.3, 0.4) is 0 Å². The highest BCUT2D eigenvalue weighted by Gasteiger charge is 2.88. The molecule has 0 aromatic rings. The lowest BCUT2D eigenvalue weighted by Crippen LogP contribution is -2.72. The van der Waals surface area contributed by atoms with Gasteiger partial charge >= 0.3 is 5.97 Å². The van der Waals surface area contributed by atoms with Crippen molar-refractivity contribution >= 4 is 5.78 Å². The van der Waals surface area contributed by atoms with Gasteiger partial charge in [0.2, 0.25) is 0 Å². The summed E-state index contributed by atoms with van der Waals surface area (Å²) in [5.41, 5.74) is -4.73. The highest BCUT2D eigenvalue weighted by molar-refractivity contribution is 6.05. The number of rotatable bonds is 13. The Morgan fingerprint density at radius 3 is 2.45 bits per heavy atom. The summed E-state index contributed by atoms with van der Waals surface area (Å²) in [6, 6.07) is 0. The third-order valence-electron chi connectivity index (χ3n) is 11.4. The van der Waals surface area contributed by atoms with E-state index >= 15 is 0 Å². The Bertz CT molecular complexity index is 1280. The van der Waals surface area contributed by atoms with Gasteiger partial charge in [-0.15, -0.1) is 0 Å². The number of carbonyl (C=O) groups is 1. The molecule has 0 unspecified atom stereocenters. The van der Waals surface area contributed by atoms with E-state index < -0.39 is 70.9 Å². The van der Waals surface area contributed by atoms with E-state index in [1.54, 1.807) is 19.1 Å². The number of ketones is 1. The van der Waals surface area contributed by atoms with Crippen molar-refractivity contribution in [3.8, 4) is 0 Å². The lowest BCUT2D eigenvalue weighted by atomic mass is 9.54. The van der Waals surface area contributed by atoms with Gasteiger partial charge < -0.3 is 34.3 Å². The van der Waals surface area contributed by atoms with Gasteiger partial charge in [0, 0.05) is 17.9 Å². The molecule has 0 aromatic heterocycles. The first-order valence-electron chi connectivity index (χ1n) is 16.7. The van der Waals surface area contributed by atoms with Crippen molar-refractivity contribution in [3.63, 3.8) is 0 Å². The molecule has 6 rings (SSSR count). The standard InChI is InChI=1S/C36H50O8/c1-6-7-8-9-10-11-12-13-14-15-16-17-18-19-34-42-29-27-30-33(22-37,41-30)31(39)35(40)26(20-24(4)28(35)38)36(27,44-34)25(5)21-32(29,43-34)23(2)3/h14-20,25-27,29-31,37,39-40H,2,6-13,21-22H2,1,3-5H3/b15-14+,17-16+,19-18+/t25-,26-,27-,29-,30+,31-,32-,33+,34-,35-,36+/m1/s1. The molecular formula is C36H50O8. The van der Waals surface area contributed by atoms with E-state index in [-0.39, 0.29) is 5.92 Å². The molecule has 0 radical (unpaired) electrons. The van der Waals surface area contributed by atoms with Gasteiger partial charge in [0.05, 0.1) is 12.2 Å². The minimum absolute atomic E-state index is 0.248. The number of fused-ring (bicyclic) bond motifs is 3. The molecule has 3 aliphatic carbocycles. The Balaban J connectivity index is 1.26. The largest absolute Gasteiger partial charge is 0.393 e. The molecule has 8 nitrogen and oxygen atoms in total. The molecule has 3 aliphatic heterocycles. The second-order valence-corrected chi connectivity index (χ2v) is 14.1. The molecule has 0 amide bonds. The van der Waals surface area contributed by atoms with Crippen molar-refractivity contribution in [1.29, 1.82) is 0 Å². The fraction of sp³-hybridized carbons (Fsp3) is 0.694. The number of hydrogen-bond donors (Lipinski definition) is 3. The van der Waals surface area contributed by atoms with Crippen LogP contribution in [-0.4, -0.2) is 74.4 Å². The van der Waals surface area contributed by atoms with Crippen LogP contribution in [0.4, 0.5) is 0 Å². The molecule has 0 spiro atoms. The van der Waals surface area contributed by atoms with Crippen LogP contribution >= 0.6 is 0 Å². The molecule has 11 atom stereocenters. The average Bonchev–Trinajstić information content (AvgIpc) is 3.63. The Morgan fingerprint density at radius 2 is 1.75 bits per heavy atom. The molecule has 242 valence electrons. The van der Waals surface area contributed by atoms with E-state index in [2.05, 4.69) is 19.6 Å². The van der Waals surface area contributed by atoms with Gasteiger partial charge in [-0.05, 0) is 50.2 Å². The number of aliphatic hydroxyl groups is 3. The van der Waals surface area contributed by atoms with Gasteiger partial charge in [-0.25, -0.2) is 0 Å². The molecule has 5 fully saturated rings. The lowest BCUT2D eigenvalue weighted by molar-refractivity contribution is -0.406. The second kappa shape index (κ2) is 11.4. The Kier molecular flexibility index (Phi) is 8.31. The van der Waals surface area contributed by atoms with Crippen molar-refractivity contribution in [3.05, 3.63) is 60.3 Å². The van der Waals surface area contributed by atoms with Crippen LogP contribution in [0.1, 0.15) is 85.5 Å². The zero-order chi connectivity index (χ0) is 31.5. The van der Waals surface area contributed by atoms with Crippen molar-refractivity contribution in [2.75, 3.05) is 6.61 Å². The van der Waals surface area contributed by atoms with Crippen molar-refractivity contribution in [2.24, 2.45) is 17.8 Å². The minimum Gasteiger partial charge on any atom is -0.393 e. The molecule has 3 heterocycles. The molecule has 3 bridgehead atoms. The van der Waals surface area contributed by atoms with Crippen LogP contribution < -0.4 is 0 Å². The molecule has 6 aliphatic rings. The molecule has 3 N–H and O–H groups in total. The minimum atomic E-state index is -2.23. The number of Topliss-reactive ketones (excluding diaryl/α,β-unsaturated/α-hetero) is 1. The van der Waals surface area contributed by atoms with E-state index in [9.17, 15) is 20.1 Å². The van der Waals surface area contributed by atoms with Crippen molar-refractivity contribution in [1.82, 2.24) is 0 Å². The number of epoxide rings is 1. The van der Waals surface area contributed by atoms with E-state index in [0.717, 1.165) is 12.0 Å². The summed E-state index contributed by atoms with van der Waals surface area (Å²) in [6.45, 7) is 11.6. The summed E-state index contributed by atoms with van der Waals surface area (Å²) < 4.78 is 26.5. The second-order valence-electron chi connectivity index (χ2n) is 14.1. The highest BCUT2D eigenvalue weighted by Crippen LogP contribution is 2.72. The summed E-state index contributed by atoms with van der Waals surface area (Å²) in [5, 5.41) is 34.3. The van der Waals surface area contributed by atoms with E-state index in [1.807, 2.05) is 38.2 Å². The summed E-state index contributed by atoms with van der Waals surface area (Å²) >= 11 is 0. The molecule has 0 aromatic carbocycles. The van der Waals surface area contributed by atoms with E-state index in [4.69, 9.17) is 18.9 Å². The van der Waals surface area contributed by atoms with Crippen molar-refractivity contribution < 1.29 is 39.1 Å². The molecule has 44 heavy (non-hydrogen) atoms.